The number of allylic oxidation sites excluding steroid dienone is 1. The van der Waals surface area contributed by atoms with Gasteiger partial charge in [0.1, 0.15) is 17.5 Å². The molecule has 0 N–H and O–H groups in total. The molecule has 0 unspecified atom stereocenters. The van der Waals surface area contributed by atoms with Gasteiger partial charge in [-0.3, -0.25) is 0 Å². The SMILES string of the molecule is CCCc1ccc(C2=Cc3cc(F)c(-c4cc(F)c(F)c(F)c4)c(F)c3CC2)c(F)c1. The van der Waals surface area contributed by atoms with E-state index in [9.17, 15) is 22.0 Å². The molecule has 0 nitrogen and oxygen atoms in total. The van der Waals surface area contributed by atoms with Crippen molar-refractivity contribution >= 4 is 11.6 Å². The van der Waals surface area contributed by atoms with Gasteiger partial charge in [-0.15, -0.1) is 0 Å². The highest BCUT2D eigenvalue weighted by molar-refractivity contribution is 5.86. The molecule has 1 aliphatic rings. The van der Waals surface area contributed by atoms with Crippen molar-refractivity contribution in [3.05, 3.63) is 93.6 Å². The molecule has 0 aliphatic heterocycles. The van der Waals surface area contributed by atoms with E-state index in [0.29, 0.717) is 29.7 Å². The zero-order chi connectivity index (χ0) is 22.3. The van der Waals surface area contributed by atoms with Gasteiger partial charge in [-0.05, 0) is 71.4 Å². The Kier molecular flexibility index (Phi) is 5.65. The number of aryl methyl sites for hydroxylation is 1. The van der Waals surface area contributed by atoms with Crippen LogP contribution in [0.5, 0.6) is 0 Å². The Labute approximate surface area is 175 Å². The lowest BCUT2D eigenvalue weighted by Crippen LogP contribution is -2.07. The van der Waals surface area contributed by atoms with Crippen molar-refractivity contribution in [1.29, 1.82) is 0 Å². The van der Waals surface area contributed by atoms with Crippen LogP contribution in [0.25, 0.3) is 22.8 Å². The van der Waals surface area contributed by atoms with Crippen LogP contribution < -0.4 is 0 Å². The second-order valence-electron chi connectivity index (χ2n) is 7.60. The van der Waals surface area contributed by atoms with Crippen molar-refractivity contribution < 1.29 is 26.3 Å². The zero-order valence-electron chi connectivity index (χ0n) is 16.6. The minimum absolute atomic E-state index is 0.155. The van der Waals surface area contributed by atoms with Gasteiger partial charge in [-0.2, -0.15) is 0 Å². The molecule has 6 heteroatoms. The van der Waals surface area contributed by atoms with E-state index < -0.39 is 46.0 Å². The molecular weight excluding hydrogens is 414 g/mol. The normalized spacial score (nSPS) is 13.2. The lowest BCUT2D eigenvalue weighted by Gasteiger charge is -2.20. The van der Waals surface area contributed by atoms with Gasteiger partial charge in [-0.1, -0.05) is 31.6 Å². The van der Waals surface area contributed by atoms with Crippen LogP contribution in [0.3, 0.4) is 0 Å². The van der Waals surface area contributed by atoms with E-state index in [1.54, 1.807) is 6.07 Å². The molecule has 0 saturated carbocycles. The van der Waals surface area contributed by atoms with E-state index >= 15 is 4.39 Å². The van der Waals surface area contributed by atoms with E-state index in [4.69, 9.17) is 0 Å². The van der Waals surface area contributed by atoms with Gasteiger partial charge in [-0.25, -0.2) is 26.3 Å². The van der Waals surface area contributed by atoms with Crippen molar-refractivity contribution in [3.63, 3.8) is 0 Å². The first-order valence-corrected chi connectivity index (χ1v) is 9.95. The molecule has 3 aromatic rings. The quantitative estimate of drug-likeness (QED) is 0.294. The molecule has 4 rings (SSSR count). The van der Waals surface area contributed by atoms with Crippen LogP contribution >= 0.6 is 0 Å². The van der Waals surface area contributed by atoms with Gasteiger partial charge >= 0.3 is 0 Å². The average Bonchev–Trinajstić information content (AvgIpc) is 2.72. The number of halogens is 6. The molecule has 0 radical (unpaired) electrons. The standard InChI is InChI=1S/C25H18F6/c1-2-3-13-4-6-17(19(26)8-13)14-5-7-18-15(9-14)10-20(27)23(24(18)30)16-11-21(28)25(31)22(29)12-16/h4,6,8-12H,2-3,5,7H2,1H3. The second-order valence-corrected chi connectivity index (χ2v) is 7.60. The first-order chi connectivity index (χ1) is 14.8. The molecule has 0 heterocycles. The summed E-state index contributed by atoms with van der Waals surface area (Å²) in [4.78, 5) is 0. The van der Waals surface area contributed by atoms with E-state index in [0.717, 1.165) is 24.5 Å². The van der Waals surface area contributed by atoms with Crippen LogP contribution in [0.4, 0.5) is 26.3 Å². The molecule has 160 valence electrons. The van der Waals surface area contributed by atoms with Crippen LogP contribution in [-0.2, 0) is 12.8 Å². The number of hydrogen-bond acceptors (Lipinski definition) is 0. The highest BCUT2D eigenvalue weighted by atomic mass is 19.2. The molecule has 0 amide bonds. The molecule has 1 aliphatic carbocycles. The lowest BCUT2D eigenvalue weighted by atomic mass is 9.85. The number of rotatable bonds is 4. The smallest absolute Gasteiger partial charge is 0.194 e. The fraction of sp³-hybridized carbons (Fsp3) is 0.200. The summed E-state index contributed by atoms with van der Waals surface area (Å²) in [6.45, 7) is 2.00. The lowest BCUT2D eigenvalue weighted by molar-refractivity contribution is 0.447. The Morgan fingerprint density at radius 2 is 1.45 bits per heavy atom. The van der Waals surface area contributed by atoms with E-state index in [-0.39, 0.29) is 17.5 Å². The van der Waals surface area contributed by atoms with Crippen LogP contribution in [-0.4, -0.2) is 0 Å². The van der Waals surface area contributed by atoms with Crippen molar-refractivity contribution in [1.82, 2.24) is 0 Å². The van der Waals surface area contributed by atoms with Gasteiger partial charge in [0.05, 0.1) is 5.56 Å². The predicted octanol–water partition coefficient (Wildman–Crippen LogP) is 7.63. The third-order valence-electron chi connectivity index (χ3n) is 5.52. The first-order valence-electron chi connectivity index (χ1n) is 9.95. The van der Waals surface area contributed by atoms with Crippen molar-refractivity contribution in [3.8, 4) is 11.1 Å². The minimum Gasteiger partial charge on any atom is -0.206 e. The fourth-order valence-corrected chi connectivity index (χ4v) is 4.02. The third-order valence-corrected chi connectivity index (χ3v) is 5.52. The number of hydrogen-bond donors (Lipinski definition) is 0. The molecule has 0 fully saturated rings. The van der Waals surface area contributed by atoms with Gasteiger partial charge in [0.2, 0.25) is 0 Å². The fourth-order valence-electron chi connectivity index (χ4n) is 4.02. The van der Waals surface area contributed by atoms with Gasteiger partial charge in [0.25, 0.3) is 0 Å². The maximum absolute atomic E-state index is 15.1. The summed E-state index contributed by atoms with van der Waals surface area (Å²) in [6, 6.07) is 7.14. The molecule has 0 spiro atoms. The Bertz CT molecular complexity index is 1190. The second kappa shape index (κ2) is 8.25. The molecular formula is C25H18F6. The van der Waals surface area contributed by atoms with E-state index in [1.807, 2.05) is 13.0 Å². The first kappa shape index (κ1) is 21.2. The number of fused-ring (bicyclic) bond motifs is 1. The third kappa shape index (κ3) is 3.87. The summed E-state index contributed by atoms with van der Waals surface area (Å²) in [5, 5.41) is 0. The molecule has 0 bridgehead atoms. The molecule has 0 atom stereocenters. The van der Waals surface area contributed by atoms with Gasteiger partial charge < -0.3 is 0 Å². The minimum atomic E-state index is -1.71. The summed E-state index contributed by atoms with van der Waals surface area (Å²) in [6.07, 6.45) is 3.63. The summed E-state index contributed by atoms with van der Waals surface area (Å²) in [5.41, 5.74) is 1.20. The van der Waals surface area contributed by atoms with Crippen molar-refractivity contribution in [2.75, 3.05) is 0 Å². The van der Waals surface area contributed by atoms with Crippen molar-refractivity contribution in [2.45, 2.75) is 32.6 Å². The Morgan fingerprint density at radius 3 is 2.10 bits per heavy atom. The topological polar surface area (TPSA) is 0 Å². The maximum Gasteiger partial charge on any atom is 0.194 e. The van der Waals surface area contributed by atoms with Gasteiger partial charge in [0.15, 0.2) is 17.5 Å². The summed E-state index contributed by atoms with van der Waals surface area (Å²) in [7, 11) is 0. The predicted molar refractivity (Wildman–Crippen MR) is 108 cm³/mol. The maximum atomic E-state index is 15.1. The summed E-state index contributed by atoms with van der Waals surface area (Å²) >= 11 is 0. The molecule has 31 heavy (non-hydrogen) atoms. The summed E-state index contributed by atoms with van der Waals surface area (Å²) < 4.78 is 84.9. The van der Waals surface area contributed by atoms with Crippen molar-refractivity contribution in [2.24, 2.45) is 0 Å². The molecule has 0 saturated heterocycles. The van der Waals surface area contributed by atoms with Crippen LogP contribution in [0.2, 0.25) is 0 Å². The largest absolute Gasteiger partial charge is 0.206 e. The average molecular weight is 432 g/mol. The summed E-state index contributed by atoms with van der Waals surface area (Å²) in [5.74, 6) is -7.17. The van der Waals surface area contributed by atoms with Crippen LogP contribution in [0.15, 0.2) is 36.4 Å². The monoisotopic (exact) mass is 432 g/mol. The van der Waals surface area contributed by atoms with Crippen LogP contribution in [0, 0.1) is 34.9 Å². The van der Waals surface area contributed by atoms with E-state index in [1.165, 1.54) is 12.1 Å². The Hall–Kier alpha value is -3.02. The van der Waals surface area contributed by atoms with E-state index in [2.05, 4.69) is 0 Å². The highest BCUT2D eigenvalue weighted by Gasteiger charge is 2.24. The number of benzene rings is 3. The zero-order valence-corrected chi connectivity index (χ0v) is 16.6. The Balaban J connectivity index is 1.78. The molecule has 3 aromatic carbocycles. The highest BCUT2D eigenvalue weighted by Crippen LogP contribution is 2.38. The Morgan fingerprint density at radius 1 is 0.742 bits per heavy atom. The van der Waals surface area contributed by atoms with Crippen LogP contribution in [0.1, 0.15) is 42.0 Å². The van der Waals surface area contributed by atoms with Gasteiger partial charge in [0, 0.05) is 5.56 Å². The molecule has 0 aromatic heterocycles.